The molecular formula is C28H22N6O2. The fourth-order valence-corrected chi connectivity index (χ4v) is 4.13. The van der Waals surface area contributed by atoms with E-state index in [0.29, 0.717) is 23.0 Å². The summed E-state index contributed by atoms with van der Waals surface area (Å²) in [5, 5.41) is 7.12. The normalized spacial score (nSPS) is 12.0. The van der Waals surface area contributed by atoms with Crippen molar-refractivity contribution in [2.45, 2.75) is 13.0 Å². The smallest absolute Gasteiger partial charge is 0.291 e. The second-order valence-corrected chi connectivity index (χ2v) is 8.44. The van der Waals surface area contributed by atoms with Crippen molar-refractivity contribution in [1.82, 2.24) is 19.5 Å². The summed E-state index contributed by atoms with van der Waals surface area (Å²) in [5.74, 6) is 1.16. The summed E-state index contributed by atoms with van der Waals surface area (Å²) in [6, 6.07) is 26.8. The average molecular weight is 475 g/mol. The Kier molecular flexibility index (Phi) is 5.38. The number of fused-ring (bicyclic) bond motifs is 2. The molecule has 0 fully saturated rings. The molecule has 0 aliphatic carbocycles. The highest BCUT2D eigenvalue weighted by Gasteiger charge is 2.14. The molecule has 3 heterocycles. The Bertz CT molecular complexity index is 1660. The third kappa shape index (κ3) is 4.16. The van der Waals surface area contributed by atoms with Gasteiger partial charge >= 0.3 is 0 Å². The number of rotatable bonds is 6. The Balaban J connectivity index is 1.22. The van der Waals surface area contributed by atoms with Crippen LogP contribution in [0.15, 0.2) is 102 Å². The highest BCUT2D eigenvalue weighted by molar-refractivity contribution is 6.05. The molecule has 6 rings (SSSR count). The molecule has 0 bridgehead atoms. The molecule has 3 aromatic heterocycles. The molecule has 6 aromatic rings. The molecule has 0 aliphatic rings. The molecule has 0 spiro atoms. The van der Waals surface area contributed by atoms with Crippen LogP contribution in [0, 0.1) is 0 Å². The maximum atomic E-state index is 12.7. The largest absolute Gasteiger partial charge is 0.451 e. The number of imidazole rings is 1. The van der Waals surface area contributed by atoms with E-state index in [4.69, 9.17) is 4.42 Å². The van der Waals surface area contributed by atoms with Crippen LogP contribution in [0.2, 0.25) is 0 Å². The van der Waals surface area contributed by atoms with Crippen molar-refractivity contribution in [3.63, 3.8) is 0 Å². The number of hydrogen-bond donors (Lipinski definition) is 2. The van der Waals surface area contributed by atoms with Crippen LogP contribution in [0.4, 0.5) is 11.6 Å². The standard InChI is InChI=1S/C28H22N6O2/c1-18(19-7-3-2-4-8-19)31-28-29-14-13-26(33-28)34-17-30-22-16-21(11-12-23(22)34)32-27(35)25-15-20-9-5-6-10-24(20)36-25/h2-18H,1H3,(H,32,35)(H,29,31,33)/t18-/m0/s1. The summed E-state index contributed by atoms with van der Waals surface area (Å²) in [7, 11) is 0. The lowest BCUT2D eigenvalue weighted by Crippen LogP contribution is -2.11. The van der Waals surface area contributed by atoms with E-state index in [-0.39, 0.29) is 17.7 Å². The van der Waals surface area contributed by atoms with Crippen LogP contribution < -0.4 is 10.6 Å². The van der Waals surface area contributed by atoms with Gasteiger partial charge in [0.05, 0.1) is 17.1 Å². The Morgan fingerprint density at radius 1 is 0.944 bits per heavy atom. The molecule has 176 valence electrons. The SMILES string of the molecule is C[C@H](Nc1nccc(-n2cnc3cc(NC(=O)c4cc5ccccc5o4)ccc32)n1)c1ccccc1. The molecule has 0 radical (unpaired) electrons. The molecule has 8 nitrogen and oxygen atoms in total. The number of amides is 1. The van der Waals surface area contributed by atoms with Gasteiger partial charge in [0.2, 0.25) is 5.95 Å². The summed E-state index contributed by atoms with van der Waals surface area (Å²) < 4.78 is 7.56. The lowest BCUT2D eigenvalue weighted by Gasteiger charge is -2.14. The Hall–Kier alpha value is -4.98. The number of para-hydroxylation sites is 1. The highest BCUT2D eigenvalue weighted by Crippen LogP contribution is 2.24. The van der Waals surface area contributed by atoms with E-state index < -0.39 is 0 Å². The second-order valence-electron chi connectivity index (χ2n) is 8.44. The van der Waals surface area contributed by atoms with E-state index >= 15 is 0 Å². The van der Waals surface area contributed by atoms with Crippen LogP contribution in [-0.2, 0) is 0 Å². The van der Waals surface area contributed by atoms with E-state index in [1.165, 1.54) is 0 Å². The van der Waals surface area contributed by atoms with Crippen LogP contribution in [-0.4, -0.2) is 25.4 Å². The van der Waals surface area contributed by atoms with Gasteiger partial charge in [-0.2, -0.15) is 4.98 Å². The number of carbonyl (C=O) groups excluding carboxylic acids is 1. The van der Waals surface area contributed by atoms with Crippen LogP contribution >= 0.6 is 0 Å². The van der Waals surface area contributed by atoms with Crippen molar-refractivity contribution in [2.75, 3.05) is 10.6 Å². The van der Waals surface area contributed by atoms with Crippen molar-refractivity contribution in [3.8, 4) is 5.82 Å². The van der Waals surface area contributed by atoms with Crippen molar-refractivity contribution < 1.29 is 9.21 Å². The number of furan rings is 1. The monoisotopic (exact) mass is 474 g/mol. The molecule has 0 unspecified atom stereocenters. The van der Waals surface area contributed by atoms with E-state index in [1.54, 1.807) is 18.6 Å². The third-order valence-corrected chi connectivity index (χ3v) is 5.99. The number of nitrogens with zero attached hydrogens (tertiary/aromatic N) is 4. The second kappa shape index (κ2) is 8.99. The predicted octanol–water partition coefficient (Wildman–Crippen LogP) is 5.99. The fraction of sp³-hybridized carbons (Fsp3) is 0.0714. The van der Waals surface area contributed by atoms with E-state index in [9.17, 15) is 4.79 Å². The Morgan fingerprint density at radius 2 is 1.78 bits per heavy atom. The summed E-state index contributed by atoms with van der Waals surface area (Å²) in [5.41, 5.74) is 4.03. The van der Waals surface area contributed by atoms with Gasteiger partial charge in [-0.05, 0) is 48.9 Å². The van der Waals surface area contributed by atoms with Gasteiger partial charge in [0.15, 0.2) is 5.76 Å². The van der Waals surface area contributed by atoms with Crippen LogP contribution in [0.25, 0.3) is 27.8 Å². The molecule has 1 amide bonds. The molecule has 36 heavy (non-hydrogen) atoms. The Labute approximate surface area is 206 Å². The number of anilines is 2. The minimum Gasteiger partial charge on any atom is -0.451 e. The topological polar surface area (TPSA) is 97.9 Å². The number of hydrogen-bond acceptors (Lipinski definition) is 6. The molecule has 0 saturated carbocycles. The predicted molar refractivity (Wildman–Crippen MR) is 139 cm³/mol. The molecule has 1 atom stereocenters. The van der Waals surface area contributed by atoms with Crippen molar-refractivity contribution in [2.24, 2.45) is 0 Å². The van der Waals surface area contributed by atoms with Crippen molar-refractivity contribution in [1.29, 1.82) is 0 Å². The van der Waals surface area contributed by atoms with Gasteiger partial charge in [-0.3, -0.25) is 9.36 Å². The first-order valence-electron chi connectivity index (χ1n) is 11.6. The highest BCUT2D eigenvalue weighted by atomic mass is 16.3. The molecule has 0 saturated heterocycles. The summed E-state index contributed by atoms with van der Waals surface area (Å²) in [6.45, 7) is 2.07. The minimum absolute atomic E-state index is 0.0545. The summed E-state index contributed by atoms with van der Waals surface area (Å²) >= 11 is 0. The zero-order chi connectivity index (χ0) is 24.5. The molecule has 8 heteroatoms. The van der Waals surface area contributed by atoms with Gasteiger partial charge in [-0.1, -0.05) is 48.5 Å². The van der Waals surface area contributed by atoms with Crippen LogP contribution in [0.3, 0.4) is 0 Å². The zero-order valence-electron chi connectivity index (χ0n) is 19.4. The van der Waals surface area contributed by atoms with Gasteiger partial charge in [0.25, 0.3) is 5.91 Å². The maximum absolute atomic E-state index is 12.7. The molecule has 0 aliphatic heterocycles. The summed E-state index contributed by atoms with van der Waals surface area (Å²) in [6.07, 6.45) is 3.43. The van der Waals surface area contributed by atoms with E-state index in [2.05, 4.69) is 44.6 Å². The van der Waals surface area contributed by atoms with Gasteiger partial charge in [0, 0.05) is 17.3 Å². The van der Waals surface area contributed by atoms with Gasteiger partial charge in [-0.15, -0.1) is 0 Å². The number of carbonyl (C=O) groups is 1. The van der Waals surface area contributed by atoms with Crippen LogP contribution in [0.5, 0.6) is 0 Å². The first-order chi connectivity index (χ1) is 17.6. The zero-order valence-corrected chi connectivity index (χ0v) is 19.4. The first kappa shape index (κ1) is 21.5. The van der Waals surface area contributed by atoms with Gasteiger partial charge < -0.3 is 15.1 Å². The van der Waals surface area contributed by atoms with Gasteiger partial charge in [0.1, 0.15) is 17.7 Å². The van der Waals surface area contributed by atoms with Crippen LogP contribution in [0.1, 0.15) is 29.1 Å². The maximum Gasteiger partial charge on any atom is 0.291 e. The van der Waals surface area contributed by atoms with E-state index in [1.807, 2.05) is 71.3 Å². The fourth-order valence-electron chi connectivity index (χ4n) is 4.13. The molecular weight excluding hydrogens is 452 g/mol. The lowest BCUT2D eigenvalue weighted by atomic mass is 10.1. The Morgan fingerprint density at radius 3 is 2.64 bits per heavy atom. The number of nitrogens with one attached hydrogen (secondary N) is 2. The average Bonchev–Trinajstić information content (AvgIpc) is 3.54. The van der Waals surface area contributed by atoms with E-state index in [0.717, 1.165) is 22.0 Å². The van der Waals surface area contributed by atoms with Gasteiger partial charge in [-0.25, -0.2) is 9.97 Å². The number of benzene rings is 3. The minimum atomic E-state index is -0.316. The first-order valence-corrected chi connectivity index (χ1v) is 11.6. The number of aromatic nitrogens is 4. The van der Waals surface area contributed by atoms with Crippen molar-refractivity contribution >= 4 is 39.5 Å². The van der Waals surface area contributed by atoms with Crippen molar-refractivity contribution in [3.05, 3.63) is 109 Å². The molecule has 3 aromatic carbocycles. The quantitative estimate of drug-likeness (QED) is 0.308. The summed E-state index contributed by atoms with van der Waals surface area (Å²) in [4.78, 5) is 26.3. The third-order valence-electron chi connectivity index (χ3n) is 5.99. The molecule has 2 N–H and O–H groups in total. The lowest BCUT2D eigenvalue weighted by molar-refractivity contribution is 0.0998.